The third-order valence-electron chi connectivity index (χ3n) is 3.94. The van der Waals surface area contributed by atoms with Crippen molar-refractivity contribution in [3.63, 3.8) is 0 Å². The summed E-state index contributed by atoms with van der Waals surface area (Å²) in [5.41, 5.74) is 0. The second-order valence-electron chi connectivity index (χ2n) is 5.64. The van der Waals surface area contributed by atoms with Crippen molar-refractivity contribution in [2.75, 3.05) is 38.2 Å². The van der Waals surface area contributed by atoms with Gasteiger partial charge >= 0.3 is 0 Å². The molecule has 0 saturated carbocycles. The summed E-state index contributed by atoms with van der Waals surface area (Å²) in [6, 6.07) is 3.86. The van der Waals surface area contributed by atoms with Crippen LogP contribution in [0, 0.1) is 0 Å². The molecule has 1 aliphatic heterocycles. The Balaban J connectivity index is 1.55. The van der Waals surface area contributed by atoms with Gasteiger partial charge in [-0.25, -0.2) is 4.98 Å². The van der Waals surface area contributed by atoms with Crippen molar-refractivity contribution in [1.29, 1.82) is 0 Å². The SMILES string of the molecule is CN(CC1CN(Cc2nccn2C)CCO1)c1cccnn1. The molecule has 2 aromatic rings. The number of anilines is 1. The molecule has 1 unspecified atom stereocenters. The maximum Gasteiger partial charge on any atom is 0.151 e. The number of rotatable bonds is 5. The molecule has 3 heterocycles. The van der Waals surface area contributed by atoms with Gasteiger partial charge in [-0.1, -0.05) is 0 Å². The average Bonchev–Trinajstić information content (AvgIpc) is 2.94. The van der Waals surface area contributed by atoms with Crippen LogP contribution in [-0.2, 0) is 18.3 Å². The Morgan fingerprint density at radius 1 is 1.41 bits per heavy atom. The lowest BCUT2D eigenvalue weighted by Gasteiger charge is -2.34. The van der Waals surface area contributed by atoms with E-state index in [-0.39, 0.29) is 6.10 Å². The Hall–Kier alpha value is -1.99. The molecular weight excluding hydrogens is 280 g/mol. The predicted octanol–water partition coefficient (Wildman–Crippen LogP) is 0.547. The first-order valence-electron chi connectivity index (χ1n) is 7.51. The Bertz CT molecular complexity index is 587. The topological polar surface area (TPSA) is 59.3 Å². The zero-order valence-corrected chi connectivity index (χ0v) is 13.1. The van der Waals surface area contributed by atoms with Gasteiger partial charge in [-0.3, -0.25) is 4.90 Å². The molecule has 7 heteroatoms. The van der Waals surface area contributed by atoms with Crippen LogP contribution in [0.4, 0.5) is 5.82 Å². The lowest BCUT2D eigenvalue weighted by Crippen LogP contribution is -2.47. The normalized spacial score (nSPS) is 19.3. The molecule has 0 spiro atoms. The highest BCUT2D eigenvalue weighted by atomic mass is 16.5. The molecular formula is C15H22N6O. The van der Waals surface area contributed by atoms with Crippen LogP contribution in [0.25, 0.3) is 0 Å². The molecule has 1 atom stereocenters. The van der Waals surface area contributed by atoms with Gasteiger partial charge in [0.15, 0.2) is 5.82 Å². The molecule has 0 aliphatic carbocycles. The summed E-state index contributed by atoms with van der Waals surface area (Å²) in [6.45, 7) is 4.26. The van der Waals surface area contributed by atoms with Crippen LogP contribution in [0.1, 0.15) is 5.82 Å². The number of ether oxygens (including phenoxy) is 1. The molecule has 118 valence electrons. The number of aromatic nitrogens is 4. The van der Waals surface area contributed by atoms with Gasteiger partial charge in [-0.2, -0.15) is 5.10 Å². The van der Waals surface area contributed by atoms with Gasteiger partial charge in [0, 0.05) is 52.3 Å². The number of likely N-dealkylation sites (N-methyl/N-ethyl adjacent to an activating group) is 1. The number of nitrogens with zero attached hydrogens (tertiary/aromatic N) is 6. The highest BCUT2D eigenvalue weighted by molar-refractivity contribution is 5.35. The fourth-order valence-electron chi connectivity index (χ4n) is 2.68. The second kappa shape index (κ2) is 6.85. The lowest BCUT2D eigenvalue weighted by atomic mass is 10.2. The first-order chi connectivity index (χ1) is 10.7. The summed E-state index contributed by atoms with van der Waals surface area (Å²) < 4.78 is 7.96. The molecule has 0 bridgehead atoms. The largest absolute Gasteiger partial charge is 0.374 e. The van der Waals surface area contributed by atoms with Crippen molar-refractivity contribution in [3.8, 4) is 0 Å². The van der Waals surface area contributed by atoms with E-state index in [1.165, 1.54) is 0 Å². The van der Waals surface area contributed by atoms with Crippen molar-refractivity contribution in [2.24, 2.45) is 7.05 Å². The summed E-state index contributed by atoms with van der Waals surface area (Å²) in [4.78, 5) is 8.87. The molecule has 1 aliphatic rings. The van der Waals surface area contributed by atoms with E-state index >= 15 is 0 Å². The highest BCUT2D eigenvalue weighted by Crippen LogP contribution is 2.13. The molecule has 1 saturated heterocycles. The fraction of sp³-hybridized carbons (Fsp3) is 0.533. The molecule has 3 rings (SSSR count). The van der Waals surface area contributed by atoms with Crippen LogP contribution < -0.4 is 4.90 Å². The predicted molar refractivity (Wildman–Crippen MR) is 83.5 cm³/mol. The maximum atomic E-state index is 5.89. The smallest absolute Gasteiger partial charge is 0.151 e. The maximum absolute atomic E-state index is 5.89. The first-order valence-corrected chi connectivity index (χ1v) is 7.51. The summed E-state index contributed by atoms with van der Waals surface area (Å²) in [5, 5.41) is 8.05. The van der Waals surface area contributed by atoms with E-state index < -0.39 is 0 Å². The van der Waals surface area contributed by atoms with E-state index in [4.69, 9.17) is 4.74 Å². The standard InChI is InChI=1S/C15H22N6O/c1-19-7-6-16-15(19)12-21-8-9-22-13(11-21)10-20(2)14-4-3-5-17-18-14/h3-7,13H,8-12H2,1-2H3. The van der Waals surface area contributed by atoms with Crippen LogP contribution in [-0.4, -0.2) is 64.0 Å². The number of hydrogen-bond donors (Lipinski definition) is 0. The van der Waals surface area contributed by atoms with Gasteiger partial charge < -0.3 is 14.2 Å². The van der Waals surface area contributed by atoms with Crippen LogP contribution in [0.5, 0.6) is 0 Å². The van der Waals surface area contributed by atoms with Crippen molar-refractivity contribution < 1.29 is 4.74 Å². The summed E-state index contributed by atoms with van der Waals surface area (Å²) in [5.74, 6) is 1.95. The Labute approximate surface area is 130 Å². The molecule has 7 nitrogen and oxygen atoms in total. The Morgan fingerprint density at radius 3 is 3.05 bits per heavy atom. The van der Waals surface area contributed by atoms with Crippen LogP contribution in [0.15, 0.2) is 30.7 Å². The van der Waals surface area contributed by atoms with E-state index in [9.17, 15) is 0 Å². The third kappa shape index (κ3) is 3.61. The van der Waals surface area contributed by atoms with Crippen LogP contribution in [0.2, 0.25) is 0 Å². The van der Waals surface area contributed by atoms with Crippen molar-refractivity contribution in [2.45, 2.75) is 12.6 Å². The van der Waals surface area contributed by atoms with E-state index in [2.05, 4.69) is 29.5 Å². The van der Waals surface area contributed by atoms with Crippen LogP contribution in [0.3, 0.4) is 0 Å². The molecule has 2 aromatic heterocycles. The molecule has 0 radical (unpaired) electrons. The van der Waals surface area contributed by atoms with Gasteiger partial charge in [0.1, 0.15) is 5.82 Å². The third-order valence-corrected chi connectivity index (χ3v) is 3.94. The van der Waals surface area contributed by atoms with Crippen LogP contribution >= 0.6 is 0 Å². The van der Waals surface area contributed by atoms with E-state index in [1.807, 2.05) is 38.6 Å². The molecule has 0 aromatic carbocycles. The van der Waals surface area contributed by atoms with E-state index in [0.717, 1.165) is 44.4 Å². The quantitative estimate of drug-likeness (QED) is 0.804. The summed E-state index contributed by atoms with van der Waals surface area (Å²) >= 11 is 0. The zero-order valence-electron chi connectivity index (χ0n) is 13.1. The monoisotopic (exact) mass is 302 g/mol. The second-order valence-corrected chi connectivity index (χ2v) is 5.64. The number of aryl methyl sites for hydroxylation is 1. The Kier molecular flexibility index (Phi) is 4.65. The molecule has 1 fully saturated rings. The fourth-order valence-corrected chi connectivity index (χ4v) is 2.68. The summed E-state index contributed by atoms with van der Waals surface area (Å²) in [6.07, 6.45) is 5.67. The van der Waals surface area contributed by atoms with Gasteiger partial charge in [-0.05, 0) is 12.1 Å². The Morgan fingerprint density at radius 2 is 2.32 bits per heavy atom. The number of hydrogen-bond acceptors (Lipinski definition) is 6. The average molecular weight is 302 g/mol. The minimum Gasteiger partial charge on any atom is -0.374 e. The minimum absolute atomic E-state index is 0.168. The number of imidazole rings is 1. The van der Waals surface area contributed by atoms with E-state index in [1.54, 1.807) is 6.20 Å². The van der Waals surface area contributed by atoms with Crippen molar-refractivity contribution >= 4 is 5.82 Å². The van der Waals surface area contributed by atoms with Gasteiger partial charge in [-0.15, -0.1) is 5.10 Å². The molecule has 0 amide bonds. The van der Waals surface area contributed by atoms with Gasteiger partial charge in [0.25, 0.3) is 0 Å². The van der Waals surface area contributed by atoms with Crippen molar-refractivity contribution in [3.05, 3.63) is 36.5 Å². The van der Waals surface area contributed by atoms with Crippen molar-refractivity contribution in [1.82, 2.24) is 24.6 Å². The lowest BCUT2D eigenvalue weighted by molar-refractivity contribution is -0.0274. The minimum atomic E-state index is 0.168. The molecule has 22 heavy (non-hydrogen) atoms. The van der Waals surface area contributed by atoms with Gasteiger partial charge in [0.2, 0.25) is 0 Å². The van der Waals surface area contributed by atoms with Gasteiger partial charge in [0.05, 0.1) is 19.3 Å². The molecule has 0 N–H and O–H groups in total. The highest BCUT2D eigenvalue weighted by Gasteiger charge is 2.23. The van der Waals surface area contributed by atoms with E-state index in [0.29, 0.717) is 0 Å². The number of morpholine rings is 1. The first kappa shape index (κ1) is 14.9. The summed E-state index contributed by atoms with van der Waals surface area (Å²) in [7, 11) is 4.05. The zero-order chi connectivity index (χ0) is 15.4.